The molecule has 4 nitrogen and oxygen atoms in total. The van der Waals surface area contributed by atoms with Crippen LogP contribution in [-0.2, 0) is 10.2 Å². The first-order valence-corrected chi connectivity index (χ1v) is 9.66. The fourth-order valence-electron chi connectivity index (χ4n) is 4.80. The quantitative estimate of drug-likeness (QED) is 0.755. The Labute approximate surface area is 156 Å². The van der Waals surface area contributed by atoms with Crippen LogP contribution in [0.3, 0.4) is 0 Å². The number of ether oxygens (including phenoxy) is 1. The van der Waals surface area contributed by atoms with Crippen molar-refractivity contribution in [2.24, 2.45) is 11.8 Å². The van der Waals surface area contributed by atoms with Crippen molar-refractivity contribution >= 4 is 6.09 Å². The average Bonchev–Trinajstić information content (AvgIpc) is 2.53. The normalized spacial score (nSPS) is 28.2. The summed E-state index contributed by atoms with van der Waals surface area (Å²) in [6.45, 7) is 8.37. The fraction of sp³-hybridized carbons (Fsp3) is 0.591. The number of carbonyl (C=O) groups is 1. The number of alkyl carbamates (subject to hydrolysis) is 1. The Morgan fingerprint density at radius 3 is 2.85 bits per heavy atom. The summed E-state index contributed by atoms with van der Waals surface area (Å²) < 4.78 is 5.46. The average molecular weight is 357 g/mol. The first kappa shape index (κ1) is 18.8. The van der Waals surface area contributed by atoms with Crippen LogP contribution in [0.2, 0.25) is 0 Å². The maximum Gasteiger partial charge on any atom is 0.407 e. The van der Waals surface area contributed by atoms with Gasteiger partial charge in [-0.25, -0.2) is 4.79 Å². The molecule has 2 aliphatic rings. The molecule has 3 atom stereocenters. The fourth-order valence-corrected chi connectivity index (χ4v) is 4.80. The number of rotatable bonds is 3. The van der Waals surface area contributed by atoms with Crippen molar-refractivity contribution in [2.45, 2.75) is 64.4 Å². The number of phenolic OH excluding ortho intramolecular Hbond substituents is 1. The molecule has 26 heavy (non-hydrogen) atoms. The highest BCUT2D eigenvalue weighted by Crippen LogP contribution is 2.52. The van der Waals surface area contributed by atoms with Gasteiger partial charge in [-0.3, -0.25) is 0 Å². The van der Waals surface area contributed by atoms with Crippen LogP contribution in [-0.4, -0.2) is 23.3 Å². The van der Waals surface area contributed by atoms with Gasteiger partial charge in [-0.1, -0.05) is 30.7 Å². The third-order valence-electron chi connectivity index (χ3n) is 5.89. The zero-order valence-electron chi connectivity index (χ0n) is 16.3. The van der Waals surface area contributed by atoms with Gasteiger partial charge in [-0.2, -0.15) is 0 Å². The molecule has 1 aromatic carbocycles. The number of hydrogen-bond donors (Lipinski definition) is 2. The molecule has 4 heteroatoms. The van der Waals surface area contributed by atoms with Crippen LogP contribution in [0.5, 0.6) is 5.75 Å². The molecular formula is C22H31NO3. The molecule has 0 saturated heterocycles. The van der Waals surface area contributed by atoms with Crippen LogP contribution in [0, 0.1) is 11.8 Å². The standard InChI is InChI=1S/C22H31NO3/c1-15-11-16-7-5-8-17(12-16)22(15,18-9-6-10-19(24)13-18)14-23-20(25)26-21(2,3)4/h6,9-11,13,15,17,24H,5,7-8,12,14H2,1-4H3,(H,23,25). The van der Waals surface area contributed by atoms with E-state index in [2.05, 4.69) is 24.4 Å². The van der Waals surface area contributed by atoms with E-state index in [1.807, 2.05) is 32.9 Å². The van der Waals surface area contributed by atoms with Crippen LogP contribution in [0.4, 0.5) is 4.79 Å². The van der Waals surface area contributed by atoms with Gasteiger partial charge in [-0.15, -0.1) is 0 Å². The van der Waals surface area contributed by atoms with E-state index in [0.717, 1.165) is 18.4 Å². The Bertz CT molecular complexity index is 704. The Kier molecular flexibility index (Phi) is 5.05. The number of aromatic hydroxyl groups is 1. The Morgan fingerprint density at radius 1 is 1.38 bits per heavy atom. The van der Waals surface area contributed by atoms with Gasteiger partial charge in [0.05, 0.1) is 0 Å². The first-order chi connectivity index (χ1) is 12.2. The zero-order chi connectivity index (χ0) is 18.9. The molecule has 3 rings (SSSR count). The van der Waals surface area contributed by atoms with Crippen molar-refractivity contribution in [3.05, 3.63) is 41.5 Å². The molecule has 0 heterocycles. The van der Waals surface area contributed by atoms with Crippen molar-refractivity contribution in [2.75, 3.05) is 6.54 Å². The molecule has 1 aromatic rings. The van der Waals surface area contributed by atoms with Crippen LogP contribution in [0.1, 0.15) is 58.9 Å². The topological polar surface area (TPSA) is 58.6 Å². The summed E-state index contributed by atoms with van der Waals surface area (Å²) in [6.07, 6.45) is 6.61. The van der Waals surface area contributed by atoms with Crippen molar-refractivity contribution in [3.8, 4) is 5.75 Å². The lowest BCUT2D eigenvalue weighted by molar-refractivity contribution is 0.0483. The van der Waals surface area contributed by atoms with Gasteiger partial charge in [0.15, 0.2) is 0 Å². The van der Waals surface area contributed by atoms with Gasteiger partial charge in [0.25, 0.3) is 0 Å². The second-order valence-electron chi connectivity index (χ2n) is 8.85. The third-order valence-corrected chi connectivity index (χ3v) is 5.89. The zero-order valence-corrected chi connectivity index (χ0v) is 16.3. The molecule has 0 radical (unpaired) electrons. The lowest BCUT2D eigenvalue weighted by Crippen LogP contribution is -2.52. The number of allylic oxidation sites excluding steroid dienone is 2. The summed E-state index contributed by atoms with van der Waals surface area (Å²) in [5.41, 5.74) is 1.91. The Hall–Kier alpha value is -1.97. The highest BCUT2D eigenvalue weighted by atomic mass is 16.6. The number of benzene rings is 1. The van der Waals surface area contributed by atoms with E-state index in [9.17, 15) is 9.90 Å². The largest absolute Gasteiger partial charge is 0.508 e. The minimum absolute atomic E-state index is 0.223. The van der Waals surface area contributed by atoms with Crippen molar-refractivity contribution in [1.29, 1.82) is 0 Å². The minimum Gasteiger partial charge on any atom is -0.508 e. The molecule has 0 aliphatic heterocycles. The molecule has 2 N–H and O–H groups in total. The summed E-state index contributed by atoms with van der Waals surface area (Å²) in [4.78, 5) is 12.3. The highest BCUT2D eigenvalue weighted by molar-refractivity contribution is 5.68. The predicted octanol–water partition coefficient (Wildman–Crippen LogP) is 4.92. The van der Waals surface area contributed by atoms with Gasteiger partial charge in [0.2, 0.25) is 0 Å². The molecular weight excluding hydrogens is 326 g/mol. The number of hydrogen-bond acceptors (Lipinski definition) is 3. The molecule has 0 aromatic heterocycles. The molecule has 3 unspecified atom stereocenters. The number of nitrogens with one attached hydrogen (secondary N) is 1. The van der Waals surface area contributed by atoms with Crippen molar-refractivity contribution in [3.63, 3.8) is 0 Å². The molecule has 1 fully saturated rings. The van der Waals surface area contributed by atoms with Gasteiger partial charge in [0.1, 0.15) is 11.4 Å². The predicted molar refractivity (Wildman–Crippen MR) is 103 cm³/mol. The van der Waals surface area contributed by atoms with E-state index >= 15 is 0 Å². The van der Waals surface area contributed by atoms with E-state index in [1.165, 1.54) is 12.8 Å². The van der Waals surface area contributed by atoms with Crippen LogP contribution >= 0.6 is 0 Å². The summed E-state index contributed by atoms with van der Waals surface area (Å²) in [5, 5.41) is 13.1. The van der Waals surface area contributed by atoms with Gasteiger partial charge >= 0.3 is 6.09 Å². The number of carbonyl (C=O) groups excluding carboxylic acids is 1. The molecule has 2 aliphatic carbocycles. The van der Waals surface area contributed by atoms with Crippen LogP contribution in [0.25, 0.3) is 0 Å². The molecule has 142 valence electrons. The molecule has 1 saturated carbocycles. The van der Waals surface area contributed by atoms with Crippen LogP contribution < -0.4 is 5.32 Å². The van der Waals surface area contributed by atoms with Crippen molar-refractivity contribution < 1.29 is 14.6 Å². The Morgan fingerprint density at radius 2 is 2.15 bits per heavy atom. The summed E-state index contributed by atoms with van der Waals surface area (Å²) in [7, 11) is 0. The summed E-state index contributed by atoms with van der Waals surface area (Å²) >= 11 is 0. The lowest BCUT2D eigenvalue weighted by Gasteiger charge is -2.50. The Balaban J connectivity index is 1.94. The summed E-state index contributed by atoms with van der Waals surface area (Å²) in [5.74, 6) is 1.02. The number of phenols is 1. The summed E-state index contributed by atoms with van der Waals surface area (Å²) in [6, 6.07) is 7.55. The maximum atomic E-state index is 12.3. The second-order valence-corrected chi connectivity index (χ2v) is 8.85. The SMILES string of the molecule is CC1C=C2CCCC(C2)C1(CNC(=O)OC(C)(C)C)c1cccc(O)c1. The molecule has 0 spiro atoms. The second kappa shape index (κ2) is 6.98. The first-order valence-electron chi connectivity index (χ1n) is 9.66. The van der Waals surface area contributed by atoms with E-state index < -0.39 is 5.60 Å². The smallest absolute Gasteiger partial charge is 0.407 e. The van der Waals surface area contributed by atoms with Crippen LogP contribution in [0.15, 0.2) is 35.9 Å². The van der Waals surface area contributed by atoms with E-state index in [4.69, 9.17) is 4.74 Å². The lowest BCUT2D eigenvalue weighted by atomic mass is 9.55. The molecule has 2 bridgehead atoms. The van der Waals surface area contributed by atoms with Gasteiger partial charge < -0.3 is 15.2 Å². The molecule has 1 amide bonds. The van der Waals surface area contributed by atoms with Gasteiger partial charge in [0, 0.05) is 12.0 Å². The van der Waals surface area contributed by atoms with E-state index in [1.54, 1.807) is 11.6 Å². The van der Waals surface area contributed by atoms with E-state index in [-0.39, 0.29) is 23.2 Å². The number of fused-ring (bicyclic) bond motifs is 2. The maximum absolute atomic E-state index is 12.3. The number of amides is 1. The van der Waals surface area contributed by atoms with Crippen molar-refractivity contribution in [1.82, 2.24) is 5.32 Å². The van der Waals surface area contributed by atoms with E-state index in [0.29, 0.717) is 12.5 Å². The highest BCUT2D eigenvalue weighted by Gasteiger charge is 2.48. The third kappa shape index (κ3) is 3.74. The van der Waals surface area contributed by atoms with Gasteiger partial charge in [-0.05, 0) is 76.0 Å². The monoisotopic (exact) mass is 357 g/mol. The minimum atomic E-state index is -0.516.